The summed E-state index contributed by atoms with van der Waals surface area (Å²) in [6, 6.07) is 18.7. The lowest BCUT2D eigenvalue weighted by Gasteiger charge is -2.26. The number of hydrogen-bond donors (Lipinski definition) is 1. The maximum atomic E-state index is 13.6. The van der Waals surface area contributed by atoms with Crippen LogP contribution in [0.1, 0.15) is 16.7 Å². The van der Waals surface area contributed by atoms with Crippen LogP contribution in [0.3, 0.4) is 0 Å². The number of barbiturate groups is 1. The van der Waals surface area contributed by atoms with E-state index in [2.05, 4.69) is 5.32 Å². The number of nitrogens with zero attached hydrogens (tertiary/aromatic N) is 1. The molecule has 0 bridgehead atoms. The fourth-order valence-corrected chi connectivity index (χ4v) is 3.53. The third-order valence-electron chi connectivity index (χ3n) is 4.81. The highest BCUT2D eigenvalue weighted by atomic mass is 35.5. The van der Waals surface area contributed by atoms with Gasteiger partial charge in [-0.2, -0.15) is 0 Å². The summed E-state index contributed by atoms with van der Waals surface area (Å²) in [6.07, 6.45) is 1.77. The van der Waals surface area contributed by atoms with Gasteiger partial charge in [0.15, 0.2) is 0 Å². The van der Waals surface area contributed by atoms with Crippen molar-refractivity contribution >= 4 is 41.2 Å². The lowest BCUT2D eigenvalue weighted by molar-refractivity contribution is -0.122. The molecule has 0 aliphatic carbocycles. The van der Waals surface area contributed by atoms with Crippen molar-refractivity contribution in [2.45, 2.75) is 6.42 Å². The van der Waals surface area contributed by atoms with Gasteiger partial charge in [-0.1, -0.05) is 48.0 Å². The minimum Gasteiger partial charge on any atom is -0.273 e. The van der Waals surface area contributed by atoms with Crippen LogP contribution in [0.25, 0.3) is 6.08 Å². The zero-order chi connectivity index (χ0) is 22.0. The summed E-state index contributed by atoms with van der Waals surface area (Å²) < 4.78 is 13.6. The molecule has 3 aromatic carbocycles. The molecule has 1 fully saturated rings. The first-order valence-corrected chi connectivity index (χ1v) is 9.79. The number of benzene rings is 3. The second-order valence-electron chi connectivity index (χ2n) is 6.94. The molecule has 4 rings (SSSR count). The molecule has 4 amide bonds. The number of nitrogens with one attached hydrogen (secondary N) is 1. The van der Waals surface area contributed by atoms with Crippen molar-refractivity contribution in [2.24, 2.45) is 0 Å². The van der Waals surface area contributed by atoms with Gasteiger partial charge >= 0.3 is 6.03 Å². The predicted molar refractivity (Wildman–Crippen MR) is 116 cm³/mol. The number of anilines is 1. The standard InChI is InChI=1S/C24H16ClFN2O3/c25-18-10-9-16(11-15-5-4-6-19(26)12-15)17(13-18)14-21-22(29)27-24(31)28(23(21)30)20-7-2-1-3-8-20/h1-10,12-14H,11H2,(H,27,29,31)/b21-14+. The molecule has 5 nitrogen and oxygen atoms in total. The van der Waals surface area contributed by atoms with Crippen molar-refractivity contribution in [1.82, 2.24) is 5.32 Å². The molecule has 7 heteroatoms. The van der Waals surface area contributed by atoms with E-state index < -0.39 is 17.8 Å². The second kappa shape index (κ2) is 8.53. The highest BCUT2D eigenvalue weighted by Gasteiger charge is 2.36. The zero-order valence-corrected chi connectivity index (χ0v) is 16.9. The molecule has 1 N–H and O–H groups in total. The van der Waals surface area contributed by atoms with Gasteiger partial charge in [-0.3, -0.25) is 14.9 Å². The molecular formula is C24H16ClFN2O3. The molecule has 0 aromatic heterocycles. The summed E-state index contributed by atoms with van der Waals surface area (Å²) in [5, 5.41) is 2.61. The Morgan fingerprint density at radius 3 is 2.45 bits per heavy atom. The van der Waals surface area contributed by atoms with E-state index in [-0.39, 0.29) is 11.4 Å². The van der Waals surface area contributed by atoms with Gasteiger partial charge in [-0.15, -0.1) is 0 Å². The molecule has 31 heavy (non-hydrogen) atoms. The largest absolute Gasteiger partial charge is 0.335 e. The number of amides is 4. The second-order valence-corrected chi connectivity index (χ2v) is 7.38. The van der Waals surface area contributed by atoms with E-state index in [0.29, 0.717) is 22.7 Å². The maximum Gasteiger partial charge on any atom is 0.335 e. The van der Waals surface area contributed by atoms with Gasteiger partial charge in [0, 0.05) is 5.02 Å². The predicted octanol–water partition coefficient (Wildman–Crippen LogP) is 4.74. The van der Waals surface area contributed by atoms with Crippen LogP contribution in [-0.2, 0) is 16.0 Å². The van der Waals surface area contributed by atoms with Crippen molar-refractivity contribution in [3.05, 3.63) is 106 Å². The van der Waals surface area contributed by atoms with Crippen LogP contribution in [0.15, 0.2) is 78.4 Å². The topological polar surface area (TPSA) is 66.5 Å². The highest BCUT2D eigenvalue weighted by molar-refractivity contribution is 6.39. The number of urea groups is 1. The van der Waals surface area contributed by atoms with Crippen molar-refractivity contribution in [2.75, 3.05) is 4.90 Å². The number of halogens is 2. The summed E-state index contributed by atoms with van der Waals surface area (Å²) in [5.74, 6) is -1.89. The van der Waals surface area contributed by atoms with E-state index in [0.717, 1.165) is 16.0 Å². The van der Waals surface area contributed by atoms with E-state index in [1.807, 2.05) is 0 Å². The van der Waals surface area contributed by atoms with Crippen LogP contribution < -0.4 is 10.2 Å². The number of carbonyl (C=O) groups is 3. The Morgan fingerprint density at radius 1 is 0.935 bits per heavy atom. The first kappa shape index (κ1) is 20.5. The zero-order valence-electron chi connectivity index (χ0n) is 16.1. The number of para-hydroxylation sites is 1. The molecule has 3 aromatic rings. The molecule has 1 aliphatic heterocycles. The van der Waals surface area contributed by atoms with Gasteiger partial charge in [0.2, 0.25) is 0 Å². The first-order valence-electron chi connectivity index (χ1n) is 9.42. The Bertz CT molecular complexity index is 1220. The van der Waals surface area contributed by atoms with Crippen LogP contribution in [0, 0.1) is 5.82 Å². The summed E-state index contributed by atoms with van der Waals surface area (Å²) in [5.41, 5.74) is 2.13. The van der Waals surface area contributed by atoms with Crippen LogP contribution in [0.2, 0.25) is 5.02 Å². The third kappa shape index (κ3) is 4.39. The van der Waals surface area contributed by atoms with Crippen molar-refractivity contribution in [1.29, 1.82) is 0 Å². The molecule has 0 atom stereocenters. The maximum absolute atomic E-state index is 13.6. The highest BCUT2D eigenvalue weighted by Crippen LogP contribution is 2.25. The van der Waals surface area contributed by atoms with Gasteiger partial charge < -0.3 is 0 Å². The quantitative estimate of drug-likeness (QED) is 0.476. The van der Waals surface area contributed by atoms with Gasteiger partial charge in [0.05, 0.1) is 5.69 Å². The lowest BCUT2D eigenvalue weighted by atomic mass is 9.97. The average molecular weight is 435 g/mol. The van der Waals surface area contributed by atoms with E-state index in [4.69, 9.17) is 11.6 Å². The van der Waals surface area contributed by atoms with Gasteiger partial charge in [-0.25, -0.2) is 14.1 Å². The SMILES string of the molecule is O=C1NC(=O)N(c2ccccc2)C(=O)/C1=C/c1cc(Cl)ccc1Cc1cccc(F)c1. The molecule has 1 heterocycles. The molecular weight excluding hydrogens is 419 g/mol. The number of rotatable bonds is 4. The summed E-state index contributed by atoms with van der Waals surface area (Å²) in [6.45, 7) is 0. The summed E-state index contributed by atoms with van der Waals surface area (Å²) in [4.78, 5) is 38.7. The molecule has 1 aliphatic rings. The molecule has 0 saturated carbocycles. The van der Waals surface area contributed by atoms with Gasteiger partial charge in [0.1, 0.15) is 11.4 Å². The Hall–Kier alpha value is -3.77. The monoisotopic (exact) mass is 434 g/mol. The van der Waals surface area contributed by atoms with Crippen LogP contribution in [0.4, 0.5) is 14.9 Å². The Kier molecular flexibility index (Phi) is 5.64. The summed E-state index contributed by atoms with van der Waals surface area (Å²) >= 11 is 6.14. The fourth-order valence-electron chi connectivity index (χ4n) is 3.35. The van der Waals surface area contributed by atoms with E-state index in [1.165, 1.54) is 18.2 Å². The van der Waals surface area contributed by atoms with E-state index >= 15 is 0 Å². The molecule has 0 unspecified atom stereocenters. The van der Waals surface area contributed by atoms with Gasteiger partial charge in [0.25, 0.3) is 11.8 Å². The minimum absolute atomic E-state index is 0.203. The van der Waals surface area contributed by atoms with E-state index in [1.54, 1.807) is 60.7 Å². The minimum atomic E-state index is -0.815. The first-order chi connectivity index (χ1) is 14.9. The Morgan fingerprint density at radius 2 is 1.71 bits per heavy atom. The molecule has 154 valence electrons. The Labute approximate surface area is 182 Å². The number of imide groups is 2. The fraction of sp³-hybridized carbons (Fsp3) is 0.0417. The number of carbonyl (C=O) groups excluding carboxylic acids is 3. The van der Waals surface area contributed by atoms with Crippen molar-refractivity contribution < 1.29 is 18.8 Å². The Balaban J connectivity index is 1.74. The van der Waals surface area contributed by atoms with Crippen molar-refractivity contribution in [3.63, 3.8) is 0 Å². The van der Waals surface area contributed by atoms with Crippen LogP contribution in [0.5, 0.6) is 0 Å². The summed E-state index contributed by atoms with van der Waals surface area (Å²) in [7, 11) is 0. The van der Waals surface area contributed by atoms with E-state index in [9.17, 15) is 18.8 Å². The molecule has 1 saturated heterocycles. The average Bonchev–Trinajstić information content (AvgIpc) is 2.73. The third-order valence-corrected chi connectivity index (χ3v) is 5.04. The lowest BCUT2D eigenvalue weighted by Crippen LogP contribution is -2.54. The van der Waals surface area contributed by atoms with Crippen molar-refractivity contribution in [3.8, 4) is 0 Å². The van der Waals surface area contributed by atoms with Crippen LogP contribution >= 0.6 is 11.6 Å². The van der Waals surface area contributed by atoms with Gasteiger partial charge in [-0.05, 0) is 65.6 Å². The molecule has 0 radical (unpaired) electrons. The van der Waals surface area contributed by atoms with Crippen LogP contribution in [-0.4, -0.2) is 17.8 Å². The normalized spacial score (nSPS) is 15.4. The number of hydrogen-bond acceptors (Lipinski definition) is 3. The smallest absolute Gasteiger partial charge is 0.273 e. The molecule has 0 spiro atoms.